The molecule has 0 aromatic heterocycles. The average Bonchev–Trinajstić information content (AvgIpc) is 3.26. The number of carbonyl (C=O) groups excluding carboxylic acids is 3. The molecule has 6 unspecified atom stereocenters. The van der Waals surface area contributed by atoms with Gasteiger partial charge in [-0.2, -0.15) is 0 Å². The molecule has 0 radical (unpaired) electrons. The largest absolute Gasteiger partial charge is 0.444 e. The van der Waals surface area contributed by atoms with Crippen LogP contribution >= 0.6 is 0 Å². The third kappa shape index (κ3) is 19.8. The molecule has 3 heterocycles. The van der Waals surface area contributed by atoms with E-state index in [0.29, 0.717) is 35.9 Å². The van der Waals surface area contributed by atoms with E-state index < -0.39 is 16.8 Å². The summed E-state index contributed by atoms with van der Waals surface area (Å²) in [7, 11) is 0. The molecule has 0 spiro atoms. The number of para-hydroxylation sites is 3. The van der Waals surface area contributed by atoms with Gasteiger partial charge in [0.2, 0.25) is 0 Å². The van der Waals surface area contributed by atoms with Crippen LogP contribution in [0.3, 0.4) is 0 Å². The number of piperidine rings is 3. The Hall–Kier alpha value is -5.13. The van der Waals surface area contributed by atoms with Gasteiger partial charge in [-0.1, -0.05) is 54.6 Å². The highest BCUT2D eigenvalue weighted by Gasteiger charge is 2.33. The van der Waals surface area contributed by atoms with Crippen molar-refractivity contribution in [3.8, 4) is 0 Å². The summed E-state index contributed by atoms with van der Waals surface area (Å²) in [5, 5.41) is 10.6. The standard InChI is InChI=1S/3C18H28N2O2/c3*1-14(19-16-10-6-5-7-11-16)15-9-8-12-20(13-15)17(21)22-18(2,3)4/h3*5-7,10-11,14-15,19H,8-9,12-13H2,1-4H3. The van der Waals surface area contributed by atoms with Crippen molar-refractivity contribution in [2.45, 2.75) is 157 Å². The lowest BCUT2D eigenvalue weighted by atomic mass is 9.91. The van der Waals surface area contributed by atoms with Gasteiger partial charge in [0.1, 0.15) is 16.8 Å². The van der Waals surface area contributed by atoms with E-state index in [1.54, 1.807) is 0 Å². The smallest absolute Gasteiger partial charge is 0.410 e. The van der Waals surface area contributed by atoms with Gasteiger partial charge in [0, 0.05) is 74.5 Å². The van der Waals surface area contributed by atoms with Gasteiger partial charge >= 0.3 is 18.3 Å². The molecule has 3 aliphatic heterocycles. The Morgan fingerprint density at radius 3 is 0.879 bits per heavy atom. The van der Waals surface area contributed by atoms with E-state index in [1.807, 2.05) is 132 Å². The molecule has 3 aromatic carbocycles. The van der Waals surface area contributed by atoms with Crippen LogP contribution < -0.4 is 16.0 Å². The second-order valence-corrected chi connectivity index (χ2v) is 21.4. The zero-order valence-electron chi connectivity index (χ0n) is 42.4. The second-order valence-electron chi connectivity index (χ2n) is 21.4. The molecule has 3 aliphatic rings. The molecule has 0 aliphatic carbocycles. The molecule has 3 amide bonds. The first-order valence-corrected chi connectivity index (χ1v) is 24.4. The fraction of sp³-hybridized carbons (Fsp3) is 0.611. The quantitative estimate of drug-likeness (QED) is 0.180. The van der Waals surface area contributed by atoms with Gasteiger partial charge in [0.05, 0.1) is 0 Å². The Morgan fingerprint density at radius 2 is 0.667 bits per heavy atom. The number of ether oxygens (including phenoxy) is 3. The van der Waals surface area contributed by atoms with Crippen molar-refractivity contribution in [2.24, 2.45) is 17.8 Å². The van der Waals surface area contributed by atoms with E-state index in [9.17, 15) is 14.4 Å². The predicted octanol–water partition coefficient (Wildman–Crippen LogP) is 12.4. The number of anilines is 3. The summed E-state index contributed by atoms with van der Waals surface area (Å²) < 4.78 is 16.5. The summed E-state index contributed by atoms with van der Waals surface area (Å²) in [6, 6.07) is 31.7. The Bertz CT molecular complexity index is 1660. The first-order valence-electron chi connectivity index (χ1n) is 24.4. The van der Waals surface area contributed by atoms with Gasteiger partial charge in [-0.05, 0) is 176 Å². The maximum absolute atomic E-state index is 12.2. The third-order valence-corrected chi connectivity index (χ3v) is 12.0. The van der Waals surface area contributed by atoms with E-state index in [2.05, 4.69) is 73.1 Å². The van der Waals surface area contributed by atoms with Gasteiger partial charge in [-0.15, -0.1) is 0 Å². The minimum Gasteiger partial charge on any atom is -0.444 e. The Labute approximate surface area is 397 Å². The van der Waals surface area contributed by atoms with Crippen LogP contribution in [0, 0.1) is 17.8 Å². The summed E-state index contributed by atoms with van der Waals surface area (Å²) in [5.74, 6) is 1.34. The minimum atomic E-state index is -0.433. The molecule has 3 aromatic rings. The van der Waals surface area contributed by atoms with E-state index in [1.165, 1.54) is 0 Å². The summed E-state index contributed by atoms with van der Waals surface area (Å²) in [6.07, 6.45) is 5.94. The zero-order chi connectivity index (χ0) is 48.5. The van der Waals surface area contributed by atoms with Crippen LogP contribution in [0.1, 0.15) is 122 Å². The maximum atomic E-state index is 12.2. The highest BCUT2D eigenvalue weighted by molar-refractivity contribution is 5.69. The van der Waals surface area contributed by atoms with Gasteiger partial charge in [-0.3, -0.25) is 0 Å². The predicted molar refractivity (Wildman–Crippen MR) is 270 cm³/mol. The molecule has 366 valence electrons. The SMILES string of the molecule is CC(Nc1ccccc1)C1CCCN(C(=O)OC(C)(C)C)C1.CC(Nc1ccccc1)C1CCCN(C(=O)OC(C)(C)C)C1.CC(Nc1ccccc1)C1CCCN(C(=O)OC(C)(C)C)C1. The zero-order valence-corrected chi connectivity index (χ0v) is 42.4. The lowest BCUT2D eigenvalue weighted by Gasteiger charge is -2.37. The number of carbonyl (C=O) groups is 3. The van der Waals surface area contributed by atoms with Gasteiger partial charge < -0.3 is 44.9 Å². The van der Waals surface area contributed by atoms with Crippen LogP contribution in [-0.2, 0) is 14.2 Å². The summed E-state index contributed by atoms with van der Waals surface area (Å²) in [5.41, 5.74) is 2.09. The highest BCUT2D eigenvalue weighted by Crippen LogP contribution is 2.27. The van der Waals surface area contributed by atoms with Gasteiger partial charge in [0.25, 0.3) is 0 Å². The molecule has 0 saturated carbocycles. The molecule has 3 fully saturated rings. The number of likely N-dealkylation sites (tertiary alicyclic amines) is 3. The Kier molecular flexibility index (Phi) is 20.4. The topological polar surface area (TPSA) is 125 Å². The third-order valence-electron chi connectivity index (χ3n) is 12.0. The van der Waals surface area contributed by atoms with Crippen molar-refractivity contribution >= 4 is 35.3 Å². The van der Waals surface area contributed by atoms with Crippen LogP contribution in [0.2, 0.25) is 0 Å². The molecule has 0 bridgehead atoms. The van der Waals surface area contributed by atoms with Crippen molar-refractivity contribution in [2.75, 3.05) is 55.2 Å². The van der Waals surface area contributed by atoms with Crippen LogP contribution in [-0.4, -0.2) is 107 Å². The van der Waals surface area contributed by atoms with E-state index in [0.717, 1.165) is 94.9 Å². The maximum Gasteiger partial charge on any atom is 0.410 e. The van der Waals surface area contributed by atoms with E-state index >= 15 is 0 Å². The number of nitrogens with one attached hydrogen (secondary N) is 3. The molecule has 12 nitrogen and oxygen atoms in total. The monoisotopic (exact) mass is 913 g/mol. The van der Waals surface area contributed by atoms with Crippen molar-refractivity contribution < 1.29 is 28.6 Å². The minimum absolute atomic E-state index is 0.191. The van der Waals surface area contributed by atoms with Crippen LogP contribution in [0.15, 0.2) is 91.0 Å². The lowest BCUT2D eigenvalue weighted by molar-refractivity contribution is 0.0149. The molecular weight excluding hydrogens is 829 g/mol. The first kappa shape index (κ1) is 53.5. The molecule has 3 saturated heterocycles. The fourth-order valence-electron chi connectivity index (χ4n) is 8.48. The number of rotatable bonds is 9. The van der Waals surface area contributed by atoms with E-state index in [4.69, 9.17) is 14.2 Å². The van der Waals surface area contributed by atoms with Crippen LogP contribution in [0.25, 0.3) is 0 Å². The lowest BCUT2D eigenvalue weighted by Crippen LogP contribution is -2.46. The van der Waals surface area contributed by atoms with Crippen molar-refractivity contribution in [1.82, 2.24) is 14.7 Å². The summed E-state index contributed by atoms with van der Waals surface area (Å²) in [6.45, 7) is 28.4. The molecular formula is C54H84N6O6. The Morgan fingerprint density at radius 1 is 0.439 bits per heavy atom. The second kappa shape index (κ2) is 25.1. The fourth-order valence-corrected chi connectivity index (χ4v) is 8.48. The normalized spacial score (nSPS) is 20.4. The number of nitrogens with zero attached hydrogens (tertiary/aromatic N) is 3. The molecule has 3 N–H and O–H groups in total. The first-order chi connectivity index (χ1) is 31.0. The molecule has 66 heavy (non-hydrogen) atoms. The molecule has 6 atom stereocenters. The number of hydrogen-bond donors (Lipinski definition) is 3. The van der Waals surface area contributed by atoms with Crippen molar-refractivity contribution in [3.63, 3.8) is 0 Å². The van der Waals surface area contributed by atoms with Crippen LogP contribution in [0.4, 0.5) is 31.4 Å². The van der Waals surface area contributed by atoms with Crippen LogP contribution in [0.5, 0.6) is 0 Å². The van der Waals surface area contributed by atoms with Crippen molar-refractivity contribution in [1.29, 1.82) is 0 Å². The molecule has 6 rings (SSSR count). The Balaban J connectivity index is 0.000000216. The van der Waals surface area contributed by atoms with Crippen molar-refractivity contribution in [3.05, 3.63) is 91.0 Å². The van der Waals surface area contributed by atoms with Gasteiger partial charge in [0.15, 0.2) is 0 Å². The van der Waals surface area contributed by atoms with E-state index in [-0.39, 0.29) is 18.3 Å². The van der Waals surface area contributed by atoms with Gasteiger partial charge in [-0.25, -0.2) is 14.4 Å². The average molecular weight is 913 g/mol. The molecule has 12 heteroatoms. The highest BCUT2D eigenvalue weighted by atomic mass is 16.6. The summed E-state index contributed by atoms with van der Waals surface area (Å²) in [4.78, 5) is 42.2. The number of benzene rings is 3. The summed E-state index contributed by atoms with van der Waals surface area (Å²) >= 11 is 0. The number of hydrogen-bond acceptors (Lipinski definition) is 9. The number of amides is 3.